The fraction of sp³-hybridized carbons (Fsp3) is 1.00. The van der Waals surface area contributed by atoms with E-state index >= 15 is 0 Å². The Kier molecular flexibility index (Phi) is 3.71. The molecule has 0 aromatic carbocycles. The lowest BCUT2D eigenvalue weighted by Gasteiger charge is -2.40. The smallest absolute Gasteiger partial charge is 0.00956 e. The van der Waals surface area contributed by atoms with Gasteiger partial charge in [-0.2, -0.15) is 0 Å². The maximum atomic E-state index is 6.38. The fourth-order valence-electron chi connectivity index (χ4n) is 3.41. The Hall–Kier alpha value is -0.0400. The van der Waals surface area contributed by atoms with E-state index in [1.54, 1.807) is 0 Å². The van der Waals surface area contributed by atoms with Crippen LogP contribution in [0.15, 0.2) is 0 Å². The Balaban J connectivity index is 1.77. The second-order valence-corrected chi connectivity index (χ2v) is 6.19. The summed E-state index contributed by atoms with van der Waals surface area (Å²) in [4.78, 5) is 0. The molecule has 1 unspecified atom stereocenters. The van der Waals surface area contributed by atoms with Crippen molar-refractivity contribution in [1.82, 2.24) is 0 Å². The first-order valence-corrected chi connectivity index (χ1v) is 6.94. The average molecular weight is 209 g/mol. The van der Waals surface area contributed by atoms with Crippen LogP contribution in [-0.2, 0) is 0 Å². The third kappa shape index (κ3) is 2.55. The second kappa shape index (κ2) is 4.86. The van der Waals surface area contributed by atoms with Crippen LogP contribution in [0.4, 0.5) is 0 Å². The zero-order valence-corrected chi connectivity index (χ0v) is 10.4. The minimum Gasteiger partial charge on any atom is -0.327 e. The molecule has 2 N–H and O–H groups in total. The Morgan fingerprint density at radius 2 is 1.27 bits per heavy atom. The maximum absolute atomic E-state index is 6.38. The molecular formula is C14H27N. The van der Waals surface area contributed by atoms with Crippen LogP contribution in [0.2, 0.25) is 0 Å². The van der Waals surface area contributed by atoms with E-state index < -0.39 is 0 Å². The summed E-state index contributed by atoms with van der Waals surface area (Å²) in [6, 6.07) is 0.534. The Morgan fingerprint density at radius 3 is 1.67 bits per heavy atom. The van der Waals surface area contributed by atoms with Gasteiger partial charge in [-0.15, -0.1) is 0 Å². The monoisotopic (exact) mass is 209 g/mol. The van der Waals surface area contributed by atoms with Crippen LogP contribution in [0.1, 0.15) is 58.8 Å². The lowest BCUT2D eigenvalue weighted by atomic mass is 9.68. The summed E-state index contributed by atoms with van der Waals surface area (Å²) in [7, 11) is 0. The summed E-state index contributed by atoms with van der Waals surface area (Å²) in [5.74, 6) is 3.59. The van der Waals surface area contributed by atoms with Gasteiger partial charge < -0.3 is 5.73 Å². The first-order chi connectivity index (χ1) is 7.18. The van der Waals surface area contributed by atoms with Crippen LogP contribution in [0, 0.1) is 23.7 Å². The molecule has 1 nitrogen and oxygen atoms in total. The van der Waals surface area contributed by atoms with Crippen LogP contribution in [0.3, 0.4) is 0 Å². The molecule has 2 aliphatic carbocycles. The molecule has 0 amide bonds. The van der Waals surface area contributed by atoms with E-state index in [9.17, 15) is 0 Å². The van der Waals surface area contributed by atoms with Gasteiger partial charge in [0.2, 0.25) is 0 Å². The van der Waals surface area contributed by atoms with Gasteiger partial charge in [0, 0.05) is 6.04 Å². The lowest BCUT2D eigenvalue weighted by Crippen LogP contribution is -2.42. The van der Waals surface area contributed by atoms with E-state index in [0.29, 0.717) is 6.04 Å². The van der Waals surface area contributed by atoms with Gasteiger partial charge in [-0.3, -0.25) is 0 Å². The Morgan fingerprint density at radius 1 is 0.800 bits per heavy atom. The van der Waals surface area contributed by atoms with Crippen molar-refractivity contribution < 1.29 is 0 Å². The normalized spacial score (nSPS) is 35.2. The van der Waals surface area contributed by atoms with Crippen molar-refractivity contribution in [2.24, 2.45) is 29.4 Å². The van der Waals surface area contributed by atoms with Crippen molar-refractivity contribution in [2.75, 3.05) is 0 Å². The first kappa shape index (κ1) is 11.4. The van der Waals surface area contributed by atoms with Gasteiger partial charge in [0.15, 0.2) is 0 Å². The van der Waals surface area contributed by atoms with Gasteiger partial charge in [-0.05, 0) is 62.2 Å². The van der Waals surface area contributed by atoms with Crippen LogP contribution < -0.4 is 5.73 Å². The highest BCUT2D eigenvalue weighted by molar-refractivity contribution is 4.88. The average Bonchev–Trinajstić information content (AvgIpc) is 2.15. The van der Waals surface area contributed by atoms with Gasteiger partial charge in [0.05, 0.1) is 0 Å². The number of hydrogen-bond acceptors (Lipinski definition) is 1. The summed E-state index contributed by atoms with van der Waals surface area (Å²) in [6.07, 6.45) is 9.92. The predicted molar refractivity (Wildman–Crippen MR) is 65.6 cm³/mol. The molecule has 0 aromatic heterocycles. The highest BCUT2D eigenvalue weighted by atomic mass is 14.7. The predicted octanol–water partition coefficient (Wildman–Crippen LogP) is 3.58. The lowest BCUT2D eigenvalue weighted by molar-refractivity contribution is 0.143. The molecule has 15 heavy (non-hydrogen) atoms. The van der Waals surface area contributed by atoms with Crippen LogP contribution >= 0.6 is 0 Å². The second-order valence-electron chi connectivity index (χ2n) is 6.19. The van der Waals surface area contributed by atoms with Crippen molar-refractivity contribution in [2.45, 2.75) is 64.8 Å². The summed E-state index contributed by atoms with van der Waals surface area (Å²) in [6.45, 7) is 4.74. The SMILES string of the molecule is CC(C)C1CCC(C(N)C2CCC2)CC1. The van der Waals surface area contributed by atoms with Crippen LogP contribution in [-0.4, -0.2) is 6.04 Å². The van der Waals surface area contributed by atoms with Gasteiger partial charge in [0.1, 0.15) is 0 Å². The van der Waals surface area contributed by atoms with E-state index in [2.05, 4.69) is 13.8 Å². The van der Waals surface area contributed by atoms with Crippen molar-refractivity contribution in [1.29, 1.82) is 0 Å². The number of rotatable bonds is 3. The Bertz CT molecular complexity index is 188. The van der Waals surface area contributed by atoms with Crippen molar-refractivity contribution in [3.63, 3.8) is 0 Å². The number of nitrogens with two attached hydrogens (primary N) is 1. The summed E-state index contributed by atoms with van der Waals surface area (Å²) < 4.78 is 0. The molecule has 1 atom stereocenters. The van der Waals surface area contributed by atoms with E-state index in [-0.39, 0.29) is 0 Å². The third-order valence-corrected chi connectivity index (χ3v) is 5.00. The highest BCUT2D eigenvalue weighted by Crippen LogP contribution is 2.39. The third-order valence-electron chi connectivity index (χ3n) is 5.00. The van der Waals surface area contributed by atoms with Gasteiger partial charge >= 0.3 is 0 Å². The standard InChI is InChI=1S/C14H27N/c1-10(2)11-6-8-13(9-7-11)14(15)12-4-3-5-12/h10-14H,3-9,15H2,1-2H3. The maximum Gasteiger partial charge on any atom is 0.00956 e. The van der Waals surface area contributed by atoms with Gasteiger partial charge in [-0.1, -0.05) is 20.3 Å². The van der Waals surface area contributed by atoms with Gasteiger partial charge in [0.25, 0.3) is 0 Å². The van der Waals surface area contributed by atoms with Crippen molar-refractivity contribution >= 4 is 0 Å². The molecule has 88 valence electrons. The summed E-state index contributed by atoms with van der Waals surface area (Å²) in [5, 5.41) is 0. The molecule has 2 aliphatic rings. The fourth-order valence-corrected chi connectivity index (χ4v) is 3.41. The van der Waals surface area contributed by atoms with Crippen LogP contribution in [0.5, 0.6) is 0 Å². The van der Waals surface area contributed by atoms with Gasteiger partial charge in [-0.25, -0.2) is 0 Å². The molecule has 2 rings (SSSR count). The Labute approximate surface area is 94.8 Å². The van der Waals surface area contributed by atoms with E-state index in [0.717, 1.165) is 23.7 Å². The molecule has 0 heterocycles. The summed E-state index contributed by atoms with van der Waals surface area (Å²) in [5.41, 5.74) is 6.38. The molecule has 0 aliphatic heterocycles. The van der Waals surface area contributed by atoms with E-state index in [1.807, 2.05) is 0 Å². The molecular weight excluding hydrogens is 182 g/mol. The zero-order chi connectivity index (χ0) is 10.8. The minimum absolute atomic E-state index is 0.534. The van der Waals surface area contributed by atoms with Crippen molar-refractivity contribution in [3.8, 4) is 0 Å². The molecule has 2 fully saturated rings. The minimum atomic E-state index is 0.534. The zero-order valence-electron chi connectivity index (χ0n) is 10.4. The van der Waals surface area contributed by atoms with E-state index in [4.69, 9.17) is 5.73 Å². The molecule has 0 radical (unpaired) electrons. The first-order valence-electron chi connectivity index (χ1n) is 6.94. The van der Waals surface area contributed by atoms with Crippen LogP contribution in [0.25, 0.3) is 0 Å². The quantitative estimate of drug-likeness (QED) is 0.755. The topological polar surface area (TPSA) is 26.0 Å². The van der Waals surface area contributed by atoms with E-state index in [1.165, 1.54) is 44.9 Å². The molecule has 0 aromatic rings. The molecule has 0 spiro atoms. The molecule has 0 bridgehead atoms. The summed E-state index contributed by atoms with van der Waals surface area (Å²) >= 11 is 0. The molecule has 0 saturated heterocycles. The number of hydrogen-bond donors (Lipinski definition) is 1. The molecule has 1 heteroatoms. The molecule has 2 saturated carbocycles. The largest absolute Gasteiger partial charge is 0.327 e. The highest BCUT2D eigenvalue weighted by Gasteiger charge is 2.33. The van der Waals surface area contributed by atoms with Crippen molar-refractivity contribution in [3.05, 3.63) is 0 Å².